The SMILES string of the molecule is CCNCCCNC(=O)c1sc(NC2CCC2)nc1N. The third-order valence-corrected chi connectivity index (χ3v) is 4.36. The molecule has 5 N–H and O–H groups in total. The number of hydrogen-bond donors (Lipinski definition) is 4. The van der Waals surface area contributed by atoms with Gasteiger partial charge in [-0.05, 0) is 38.8 Å². The molecule has 1 aliphatic carbocycles. The molecule has 1 fully saturated rings. The normalized spacial score (nSPS) is 14.8. The second-order valence-corrected chi connectivity index (χ2v) is 5.97. The van der Waals surface area contributed by atoms with E-state index < -0.39 is 0 Å². The highest BCUT2D eigenvalue weighted by atomic mass is 32.1. The fourth-order valence-corrected chi connectivity index (χ4v) is 2.83. The van der Waals surface area contributed by atoms with Gasteiger partial charge < -0.3 is 21.7 Å². The number of hydrogen-bond acceptors (Lipinski definition) is 6. The summed E-state index contributed by atoms with van der Waals surface area (Å²) in [6.45, 7) is 4.57. The molecule has 0 bridgehead atoms. The summed E-state index contributed by atoms with van der Waals surface area (Å²) in [5.41, 5.74) is 5.82. The Bertz CT molecular complexity index is 444. The molecule has 112 valence electrons. The van der Waals surface area contributed by atoms with Crippen LogP contribution in [0.5, 0.6) is 0 Å². The van der Waals surface area contributed by atoms with Crippen LogP contribution in [-0.2, 0) is 0 Å². The van der Waals surface area contributed by atoms with E-state index >= 15 is 0 Å². The van der Waals surface area contributed by atoms with Crippen molar-refractivity contribution in [3.05, 3.63) is 4.88 Å². The molecule has 20 heavy (non-hydrogen) atoms. The van der Waals surface area contributed by atoms with E-state index in [0.29, 0.717) is 23.3 Å². The van der Waals surface area contributed by atoms with Crippen LogP contribution in [0.2, 0.25) is 0 Å². The minimum Gasteiger partial charge on any atom is -0.382 e. The minimum absolute atomic E-state index is 0.127. The highest BCUT2D eigenvalue weighted by Gasteiger charge is 2.21. The van der Waals surface area contributed by atoms with E-state index in [2.05, 4.69) is 27.9 Å². The van der Waals surface area contributed by atoms with Crippen molar-refractivity contribution in [1.29, 1.82) is 0 Å². The summed E-state index contributed by atoms with van der Waals surface area (Å²) in [6, 6.07) is 0.497. The molecule has 0 aromatic carbocycles. The number of anilines is 2. The molecule has 7 heteroatoms. The molecule has 1 heterocycles. The molecular formula is C13H23N5OS. The van der Waals surface area contributed by atoms with Crippen LogP contribution in [0, 0.1) is 0 Å². The molecule has 6 nitrogen and oxygen atoms in total. The van der Waals surface area contributed by atoms with Gasteiger partial charge in [0.25, 0.3) is 5.91 Å². The van der Waals surface area contributed by atoms with Gasteiger partial charge in [0, 0.05) is 12.6 Å². The Hall–Kier alpha value is -1.34. The second kappa shape index (κ2) is 7.44. The van der Waals surface area contributed by atoms with Crippen LogP contribution in [0.1, 0.15) is 42.3 Å². The molecule has 1 saturated carbocycles. The Morgan fingerprint density at radius 2 is 2.25 bits per heavy atom. The van der Waals surface area contributed by atoms with Gasteiger partial charge in [-0.3, -0.25) is 4.79 Å². The first-order valence-electron chi connectivity index (χ1n) is 7.22. The number of aromatic nitrogens is 1. The monoisotopic (exact) mass is 297 g/mol. The Kier molecular flexibility index (Phi) is 5.60. The number of nitrogens with two attached hydrogens (primary N) is 1. The summed E-state index contributed by atoms with van der Waals surface area (Å²) in [4.78, 5) is 16.7. The van der Waals surface area contributed by atoms with Gasteiger partial charge in [0.15, 0.2) is 5.13 Å². The molecule has 0 aliphatic heterocycles. The van der Waals surface area contributed by atoms with Crippen molar-refractivity contribution in [1.82, 2.24) is 15.6 Å². The van der Waals surface area contributed by atoms with Crippen LogP contribution in [0.15, 0.2) is 0 Å². The molecule has 1 aromatic rings. The predicted octanol–water partition coefficient (Wildman–Crippen LogP) is 1.42. The maximum absolute atomic E-state index is 12.0. The van der Waals surface area contributed by atoms with E-state index in [9.17, 15) is 4.79 Å². The van der Waals surface area contributed by atoms with E-state index in [4.69, 9.17) is 5.73 Å². The van der Waals surface area contributed by atoms with Crippen LogP contribution in [0.25, 0.3) is 0 Å². The number of nitrogens with zero attached hydrogens (tertiary/aromatic N) is 1. The topological polar surface area (TPSA) is 92.1 Å². The molecule has 1 aliphatic rings. The lowest BCUT2D eigenvalue weighted by Gasteiger charge is -2.25. The number of nitrogens with one attached hydrogen (secondary N) is 3. The number of amides is 1. The van der Waals surface area contributed by atoms with Crippen molar-refractivity contribution in [3.63, 3.8) is 0 Å². The van der Waals surface area contributed by atoms with Gasteiger partial charge in [0.05, 0.1) is 0 Å². The van der Waals surface area contributed by atoms with Gasteiger partial charge in [-0.15, -0.1) is 0 Å². The minimum atomic E-state index is -0.127. The van der Waals surface area contributed by atoms with Gasteiger partial charge in [0.1, 0.15) is 10.7 Å². The summed E-state index contributed by atoms with van der Waals surface area (Å²) in [5, 5.41) is 10.2. The van der Waals surface area contributed by atoms with Crippen LogP contribution >= 0.6 is 11.3 Å². The molecule has 1 amide bonds. The van der Waals surface area contributed by atoms with Crippen molar-refractivity contribution in [2.24, 2.45) is 0 Å². The van der Waals surface area contributed by atoms with Crippen LogP contribution in [0.3, 0.4) is 0 Å². The lowest BCUT2D eigenvalue weighted by molar-refractivity contribution is 0.0958. The van der Waals surface area contributed by atoms with Crippen molar-refractivity contribution < 1.29 is 4.79 Å². The third kappa shape index (κ3) is 4.08. The fourth-order valence-electron chi connectivity index (χ4n) is 1.96. The standard InChI is InChI=1S/C13H23N5OS/c1-2-15-7-4-8-16-12(19)10-11(14)18-13(20-10)17-9-5-3-6-9/h9,15H,2-8,14H2,1H3,(H,16,19)(H,17,18). The van der Waals surface area contributed by atoms with Gasteiger partial charge >= 0.3 is 0 Å². The highest BCUT2D eigenvalue weighted by molar-refractivity contribution is 7.18. The summed E-state index contributed by atoms with van der Waals surface area (Å²) in [5.74, 6) is 0.194. The van der Waals surface area contributed by atoms with Crippen molar-refractivity contribution in [2.75, 3.05) is 30.7 Å². The van der Waals surface area contributed by atoms with E-state index in [1.807, 2.05) is 0 Å². The van der Waals surface area contributed by atoms with Crippen LogP contribution in [-0.4, -0.2) is 36.6 Å². The summed E-state index contributed by atoms with van der Waals surface area (Å²) in [7, 11) is 0. The van der Waals surface area contributed by atoms with Crippen molar-refractivity contribution >= 4 is 28.2 Å². The average Bonchev–Trinajstić information content (AvgIpc) is 2.75. The van der Waals surface area contributed by atoms with E-state index in [0.717, 1.165) is 24.6 Å². The smallest absolute Gasteiger partial charge is 0.265 e. The fraction of sp³-hybridized carbons (Fsp3) is 0.692. The van der Waals surface area contributed by atoms with Gasteiger partial charge in [-0.25, -0.2) is 4.98 Å². The number of carbonyl (C=O) groups is 1. The van der Waals surface area contributed by atoms with E-state index in [1.54, 1.807) is 0 Å². The lowest BCUT2D eigenvalue weighted by atomic mass is 9.93. The summed E-state index contributed by atoms with van der Waals surface area (Å²) in [6.07, 6.45) is 4.51. The Morgan fingerprint density at radius 1 is 1.45 bits per heavy atom. The van der Waals surface area contributed by atoms with Gasteiger partial charge in [-0.2, -0.15) is 0 Å². The first-order chi connectivity index (χ1) is 9.70. The first kappa shape index (κ1) is 15.1. The quantitative estimate of drug-likeness (QED) is 0.545. The molecule has 2 rings (SSSR count). The zero-order valence-electron chi connectivity index (χ0n) is 11.9. The third-order valence-electron chi connectivity index (χ3n) is 3.36. The Morgan fingerprint density at radius 3 is 2.90 bits per heavy atom. The van der Waals surface area contributed by atoms with Crippen molar-refractivity contribution in [3.8, 4) is 0 Å². The first-order valence-corrected chi connectivity index (χ1v) is 8.04. The molecule has 1 aromatic heterocycles. The summed E-state index contributed by atoms with van der Waals surface area (Å²) >= 11 is 1.34. The Labute approximate surface area is 123 Å². The molecule has 0 atom stereocenters. The number of nitrogen functional groups attached to an aromatic ring is 1. The van der Waals surface area contributed by atoms with Crippen molar-refractivity contribution in [2.45, 2.75) is 38.6 Å². The van der Waals surface area contributed by atoms with Gasteiger partial charge in [0.2, 0.25) is 0 Å². The number of thiazole rings is 1. The maximum Gasteiger partial charge on any atom is 0.265 e. The molecule has 0 unspecified atom stereocenters. The molecule has 0 spiro atoms. The highest BCUT2D eigenvalue weighted by Crippen LogP contribution is 2.29. The maximum atomic E-state index is 12.0. The summed E-state index contributed by atoms with van der Waals surface area (Å²) < 4.78 is 0. The second-order valence-electron chi connectivity index (χ2n) is 4.97. The molecule has 0 radical (unpaired) electrons. The largest absolute Gasteiger partial charge is 0.382 e. The van der Waals surface area contributed by atoms with E-state index in [-0.39, 0.29) is 5.91 Å². The lowest BCUT2D eigenvalue weighted by Crippen LogP contribution is -2.27. The van der Waals surface area contributed by atoms with Crippen LogP contribution in [0.4, 0.5) is 10.9 Å². The zero-order chi connectivity index (χ0) is 14.4. The molecule has 0 saturated heterocycles. The van der Waals surface area contributed by atoms with Crippen LogP contribution < -0.4 is 21.7 Å². The average molecular weight is 297 g/mol. The predicted molar refractivity (Wildman–Crippen MR) is 83.3 cm³/mol. The molecular weight excluding hydrogens is 274 g/mol. The number of rotatable bonds is 8. The van der Waals surface area contributed by atoms with Gasteiger partial charge in [-0.1, -0.05) is 18.3 Å². The number of carbonyl (C=O) groups excluding carboxylic acids is 1. The Balaban J connectivity index is 1.79. The van der Waals surface area contributed by atoms with E-state index in [1.165, 1.54) is 30.6 Å². The zero-order valence-corrected chi connectivity index (χ0v) is 12.7.